The molecular formula is C51H65ClN12O6S. The molecule has 3 aliphatic rings. The van der Waals surface area contributed by atoms with Crippen LogP contribution < -0.4 is 26.6 Å². The number of H-pyrrole nitrogens is 1. The van der Waals surface area contributed by atoms with E-state index in [-0.39, 0.29) is 56.1 Å². The van der Waals surface area contributed by atoms with Crippen LogP contribution >= 0.6 is 22.9 Å². The van der Waals surface area contributed by atoms with Crippen molar-refractivity contribution in [2.75, 3.05) is 57.3 Å². The van der Waals surface area contributed by atoms with Crippen molar-refractivity contribution in [2.45, 2.75) is 103 Å². The number of fused-ring (bicyclic) bond motifs is 1. The number of aromatic amines is 1. The van der Waals surface area contributed by atoms with Gasteiger partial charge in [0.15, 0.2) is 0 Å². The Kier molecular flexibility index (Phi) is 16.1. The third-order valence-electron chi connectivity index (χ3n) is 14.1. The van der Waals surface area contributed by atoms with E-state index < -0.39 is 41.0 Å². The summed E-state index contributed by atoms with van der Waals surface area (Å²) in [6.45, 7) is 11.6. The zero-order valence-corrected chi connectivity index (χ0v) is 42.4. The zero-order valence-electron chi connectivity index (χ0n) is 40.8. The number of β-amino-alcohol motifs (C(OH)–C–C–N with tert-alkyl or cyclic N) is 1. The fourth-order valence-corrected chi connectivity index (χ4v) is 10.6. The van der Waals surface area contributed by atoms with Gasteiger partial charge in [0, 0.05) is 89.4 Å². The SMILES string of the molecule is Cc1ncsc1-c1ccc(CNC(=O)[C@@H]2C[C@@H](O)CN2C(=O)C(NC(=O)CCC(=O)N2CCN(CC[C@H](NC(=O)C3(N)CCN(c4ncnc5[nH]ccc45)CC3)c3ccc(Cl)cc3)CC2)C(C)(C)C)cc1. The second-order valence-corrected chi connectivity index (χ2v) is 21.4. The average Bonchev–Trinajstić information content (AvgIpc) is 4.13. The third-order valence-corrected chi connectivity index (χ3v) is 15.3. The highest BCUT2D eigenvalue weighted by Gasteiger charge is 2.45. The summed E-state index contributed by atoms with van der Waals surface area (Å²) in [6, 6.07) is 15.0. The van der Waals surface area contributed by atoms with E-state index >= 15 is 0 Å². The van der Waals surface area contributed by atoms with E-state index in [2.05, 4.69) is 45.7 Å². The maximum atomic E-state index is 14.2. The number of aliphatic hydroxyl groups is 1. The van der Waals surface area contributed by atoms with Crippen LogP contribution in [-0.4, -0.2) is 145 Å². The maximum absolute atomic E-state index is 14.2. The minimum Gasteiger partial charge on any atom is -0.391 e. The molecule has 4 atom stereocenters. The Morgan fingerprint density at radius 2 is 1.65 bits per heavy atom. The van der Waals surface area contributed by atoms with Gasteiger partial charge in [-0.2, -0.15) is 0 Å². The number of piperidine rings is 1. The fraction of sp³-hybridized carbons (Fsp3) is 0.490. The molecule has 3 aliphatic heterocycles. The summed E-state index contributed by atoms with van der Waals surface area (Å²) in [5, 5.41) is 21.2. The smallest absolute Gasteiger partial charge is 0.246 e. The van der Waals surface area contributed by atoms with Crippen LogP contribution in [0.25, 0.3) is 21.5 Å². The first-order valence-corrected chi connectivity index (χ1v) is 25.6. The summed E-state index contributed by atoms with van der Waals surface area (Å²) in [6.07, 6.45) is 3.90. The zero-order chi connectivity index (χ0) is 50.5. The molecule has 5 aromatic rings. The van der Waals surface area contributed by atoms with Gasteiger partial charge in [0.05, 0.1) is 39.2 Å². The minimum atomic E-state index is -1.06. The van der Waals surface area contributed by atoms with Gasteiger partial charge < -0.3 is 46.5 Å². The molecule has 2 aromatic carbocycles. The molecule has 8 rings (SSSR count). The summed E-state index contributed by atoms with van der Waals surface area (Å²) >= 11 is 7.82. The topological polar surface area (TPSA) is 235 Å². The number of thiazole rings is 1. The quantitative estimate of drug-likeness (QED) is 0.0812. The number of aliphatic hydroxyl groups excluding tert-OH is 1. The molecule has 18 nitrogen and oxygen atoms in total. The van der Waals surface area contributed by atoms with E-state index in [1.54, 1.807) is 16.2 Å². The number of anilines is 1. The molecule has 3 aromatic heterocycles. The van der Waals surface area contributed by atoms with Crippen molar-refractivity contribution in [2.24, 2.45) is 11.1 Å². The monoisotopic (exact) mass is 1010 g/mol. The van der Waals surface area contributed by atoms with Crippen LogP contribution in [0, 0.1) is 12.3 Å². The number of nitrogens with zero attached hydrogens (tertiary/aromatic N) is 7. The van der Waals surface area contributed by atoms with Crippen LogP contribution in [0.15, 0.2) is 72.6 Å². The molecule has 0 spiro atoms. The maximum Gasteiger partial charge on any atom is 0.246 e. The van der Waals surface area contributed by atoms with E-state index in [9.17, 15) is 29.1 Å². The fourth-order valence-electron chi connectivity index (χ4n) is 9.70. The summed E-state index contributed by atoms with van der Waals surface area (Å²) in [5.74, 6) is -0.850. The number of nitrogens with two attached hydrogens (primary N) is 1. The van der Waals surface area contributed by atoms with Gasteiger partial charge in [-0.25, -0.2) is 15.0 Å². The van der Waals surface area contributed by atoms with E-state index in [0.717, 1.165) is 44.1 Å². The lowest BCUT2D eigenvalue weighted by Crippen LogP contribution is -2.60. The number of aryl methyl sites for hydroxylation is 1. The van der Waals surface area contributed by atoms with E-state index in [0.29, 0.717) is 70.1 Å². The van der Waals surface area contributed by atoms with Gasteiger partial charge in [-0.05, 0) is 66.5 Å². The number of carbonyl (C=O) groups excluding carboxylic acids is 5. The molecule has 6 heterocycles. The van der Waals surface area contributed by atoms with Crippen molar-refractivity contribution in [3.63, 3.8) is 0 Å². The summed E-state index contributed by atoms with van der Waals surface area (Å²) < 4.78 is 0. The van der Waals surface area contributed by atoms with Gasteiger partial charge in [0.1, 0.15) is 29.9 Å². The Labute approximate surface area is 423 Å². The number of benzene rings is 2. The summed E-state index contributed by atoms with van der Waals surface area (Å²) in [4.78, 5) is 93.5. The number of nitrogens with one attached hydrogen (secondary N) is 4. The first-order chi connectivity index (χ1) is 34.0. The number of carbonyl (C=O) groups is 5. The van der Waals surface area contributed by atoms with E-state index in [1.807, 2.05) is 94.0 Å². The Morgan fingerprint density at radius 1 is 0.930 bits per heavy atom. The second-order valence-electron chi connectivity index (χ2n) is 20.1. The molecule has 0 bridgehead atoms. The molecule has 7 N–H and O–H groups in total. The van der Waals surface area contributed by atoms with Gasteiger partial charge in [-0.3, -0.25) is 28.9 Å². The Hall–Kier alpha value is -5.99. The predicted molar refractivity (Wildman–Crippen MR) is 273 cm³/mol. The van der Waals surface area contributed by atoms with Crippen LogP contribution in [0.5, 0.6) is 0 Å². The number of piperazine rings is 1. The van der Waals surface area contributed by atoms with Crippen LogP contribution in [-0.2, 0) is 30.5 Å². The molecule has 3 fully saturated rings. The van der Waals surface area contributed by atoms with Crippen molar-refractivity contribution >= 4 is 69.3 Å². The third kappa shape index (κ3) is 12.4. The van der Waals surface area contributed by atoms with Crippen molar-refractivity contribution in [3.05, 3.63) is 94.5 Å². The van der Waals surface area contributed by atoms with E-state index in [1.165, 1.54) is 11.2 Å². The summed E-state index contributed by atoms with van der Waals surface area (Å²) in [5.41, 5.74) is 11.4. The molecule has 378 valence electrons. The largest absolute Gasteiger partial charge is 0.391 e. The van der Waals surface area contributed by atoms with Crippen molar-refractivity contribution in [1.82, 2.24) is 50.6 Å². The minimum absolute atomic E-state index is 0.0338. The highest BCUT2D eigenvalue weighted by atomic mass is 35.5. The summed E-state index contributed by atoms with van der Waals surface area (Å²) in [7, 11) is 0. The van der Waals surface area contributed by atoms with Gasteiger partial charge in [0.25, 0.3) is 0 Å². The first kappa shape index (κ1) is 51.4. The molecule has 1 unspecified atom stereocenters. The number of halogens is 1. The highest BCUT2D eigenvalue weighted by molar-refractivity contribution is 7.13. The lowest BCUT2D eigenvalue weighted by molar-refractivity contribution is -0.144. The predicted octanol–water partition coefficient (Wildman–Crippen LogP) is 4.32. The number of hydrogen-bond donors (Lipinski definition) is 6. The molecule has 0 aliphatic carbocycles. The van der Waals surface area contributed by atoms with Crippen molar-refractivity contribution < 1.29 is 29.1 Å². The van der Waals surface area contributed by atoms with Gasteiger partial charge in [-0.1, -0.05) is 68.8 Å². The second kappa shape index (κ2) is 22.2. The number of likely N-dealkylation sites (tertiary alicyclic amines) is 1. The normalized spacial score (nSPS) is 19.3. The standard InChI is InChI=1S/C51H65ClN12O6S/c1-32-43(71-31-58-32)35-7-5-33(6-8-35)28-55-47(68)40-27-37(65)29-64(40)48(69)44(50(2,3)4)60-41(66)13-14-42(67)62-25-23-61(24-26-62)20-16-39(34-9-11-36(52)12-10-34)59-49(70)51(53)17-21-63(22-18-51)46-38-15-19-54-45(38)56-30-57-46/h5-12,15,19,30-31,37,39-40,44,65H,13-14,16-18,20-29,53H2,1-4H3,(H,55,68)(H,59,70)(H,60,66)(H,54,56,57)/t37-,39+,40+,44?/m1/s1. The van der Waals surface area contributed by atoms with Gasteiger partial charge >= 0.3 is 0 Å². The number of rotatable bonds is 16. The lowest BCUT2D eigenvalue weighted by Gasteiger charge is -2.40. The Bertz CT molecular complexity index is 2670. The molecular weight excluding hydrogens is 944 g/mol. The molecule has 0 radical (unpaired) electrons. The molecule has 20 heteroatoms. The number of hydrogen-bond acceptors (Lipinski definition) is 13. The van der Waals surface area contributed by atoms with Crippen LogP contribution in [0.3, 0.4) is 0 Å². The molecule has 5 amide bonds. The molecule has 3 saturated heterocycles. The van der Waals surface area contributed by atoms with Crippen LogP contribution in [0.4, 0.5) is 5.82 Å². The van der Waals surface area contributed by atoms with Crippen molar-refractivity contribution in [3.8, 4) is 10.4 Å². The van der Waals surface area contributed by atoms with Gasteiger partial charge in [0.2, 0.25) is 29.5 Å². The van der Waals surface area contributed by atoms with E-state index in [4.69, 9.17) is 17.3 Å². The number of amides is 5. The van der Waals surface area contributed by atoms with Crippen molar-refractivity contribution in [1.29, 1.82) is 0 Å². The Morgan fingerprint density at radius 3 is 2.32 bits per heavy atom. The molecule has 71 heavy (non-hydrogen) atoms. The first-order valence-electron chi connectivity index (χ1n) is 24.4. The Balaban J connectivity index is 0.792. The lowest BCUT2D eigenvalue weighted by atomic mass is 9.85. The van der Waals surface area contributed by atoms with Gasteiger partial charge in [-0.15, -0.1) is 11.3 Å². The van der Waals surface area contributed by atoms with Crippen LogP contribution in [0.2, 0.25) is 5.02 Å². The average molecular weight is 1010 g/mol. The number of aromatic nitrogens is 4. The van der Waals surface area contributed by atoms with Crippen LogP contribution in [0.1, 0.15) is 82.2 Å². The highest BCUT2D eigenvalue weighted by Crippen LogP contribution is 2.31. The molecule has 0 saturated carbocycles.